The number of nitrogens with one attached hydrogen (secondary N) is 1. The van der Waals surface area contributed by atoms with Crippen LogP contribution in [-0.2, 0) is 16.1 Å². The normalized spacial score (nSPS) is 9.94. The molecule has 5 heteroatoms. The SMILES string of the molecule is CCOC(=O)CNc1ccc(CN)cc1F. The van der Waals surface area contributed by atoms with Crippen molar-refractivity contribution in [3.8, 4) is 0 Å². The van der Waals surface area contributed by atoms with Gasteiger partial charge in [-0.1, -0.05) is 6.07 Å². The molecule has 0 saturated heterocycles. The Morgan fingerprint density at radius 1 is 1.56 bits per heavy atom. The smallest absolute Gasteiger partial charge is 0.325 e. The van der Waals surface area contributed by atoms with E-state index in [1.165, 1.54) is 6.07 Å². The first-order chi connectivity index (χ1) is 7.67. The van der Waals surface area contributed by atoms with Crippen LogP contribution in [0.5, 0.6) is 0 Å². The zero-order chi connectivity index (χ0) is 12.0. The summed E-state index contributed by atoms with van der Waals surface area (Å²) in [5, 5.41) is 2.66. The molecule has 0 fully saturated rings. The molecule has 0 bridgehead atoms. The topological polar surface area (TPSA) is 64.3 Å². The van der Waals surface area contributed by atoms with Gasteiger partial charge in [0.2, 0.25) is 0 Å². The van der Waals surface area contributed by atoms with E-state index in [4.69, 9.17) is 10.5 Å². The fourth-order valence-electron chi connectivity index (χ4n) is 1.21. The molecule has 1 aromatic rings. The van der Waals surface area contributed by atoms with Gasteiger partial charge in [0.05, 0.1) is 12.3 Å². The summed E-state index contributed by atoms with van der Waals surface area (Å²) in [5.41, 5.74) is 6.35. The zero-order valence-corrected chi connectivity index (χ0v) is 9.13. The van der Waals surface area contributed by atoms with Crippen LogP contribution in [-0.4, -0.2) is 19.1 Å². The second kappa shape index (κ2) is 6.07. The summed E-state index contributed by atoms with van der Waals surface area (Å²) in [7, 11) is 0. The summed E-state index contributed by atoms with van der Waals surface area (Å²) in [4.78, 5) is 11.0. The molecule has 4 nitrogen and oxygen atoms in total. The van der Waals surface area contributed by atoms with Gasteiger partial charge in [-0.2, -0.15) is 0 Å². The number of carbonyl (C=O) groups is 1. The molecule has 0 atom stereocenters. The number of esters is 1. The van der Waals surface area contributed by atoms with Crippen LogP contribution in [0.2, 0.25) is 0 Å². The quantitative estimate of drug-likeness (QED) is 0.742. The van der Waals surface area contributed by atoms with Crippen LogP contribution in [0.3, 0.4) is 0 Å². The number of halogens is 1. The monoisotopic (exact) mass is 226 g/mol. The molecule has 16 heavy (non-hydrogen) atoms. The van der Waals surface area contributed by atoms with Crippen LogP contribution in [0.1, 0.15) is 12.5 Å². The highest BCUT2D eigenvalue weighted by Crippen LogP contribution is 2.15. The van der Waals surface area contributed by atoms with Crippen molar-refractivity contribution in [2.24, 2.45) is 5.73 Å². The van der Waals surface area contributed by atoms with Crippen LogP contribution in [0.4, 0.5) is 10.1 Å². The molecule has 0 unspecified atom stereocenters. The molecule has 0 aromatic heterocycles. The van der Waals surface area contributed by atoms with Gasteiger partial charge in [0.1, 0.15) is 12.4 Å². The Hall–Kier alpha value is -1.62. The lowest BCUT2D eigenvalue weighted by Gasteiger charge is -2.08. The molecular weight excluding hydrogens is 211 g/mol. The molecule has 0 aliphatic rings. The first-order valence-electron chi connectivity index (χ1n) is 5.05. The van der Waals surface area contributed by atoms with Gasteiger partial charge in [-0.25, -0.2) is 4.39 Å². The summed E-state index contributed by atoms with van der Waals surface area (Å²) < 4.78 is 18.1. The predicted molar refractivity (Wildman–Crippen MR) is 59.4 cm³/mol. The van der Waals surface area contributed by atoms with E-state index in [0.717, 1.165) is 0 Å². The first-order valence-corrected chi connectivity index (χ1v) is 5.05. The lowest BCUT2D eigenvalue weighted by atomic mass is 10.2. The van der Waals surface area contributed by atoms with E-state index in [1.54, 1.807) is 19.1 Å². The van der Waals surface area contributed by atoms with E-state index in [-0.39, 0.29) is 18.8 Å². The van der Waals surface area contributed by atoms with Gasteiger partial charge in [0.15, 0.2) is 0 Å². The van der Waals surface area contributed by atoms with Crippen molar-refractivity contribution in [2.45, 2.75) is 13.5 Å². The Morgan fingerprint density at radius 3 is 2.88 bits per heavy atom. The fourth-order valence-corrected chi connectivity index (χ4v) is 1.21. The van der Waals surface area contributed by atoms with Crippen molar-refractivity contribution in [2.75, 3.05) is 18.5 Å². The highest BCUT2D eigenvalue weighted by atomic mass is 19.1. The average Bonchev–Trinajstić information content (AvgIpc) is 2.27. The molecule has 1 aromatic carbocycles. The van der Waals surface area contributed by atoms with Crippen molar-refractivity contribution in [3.63, 3.8) is 0 Å². The van der Waals surface area contributed by atoms with Crippen molar-refractivity contribution in [3.05, 3.63) is 29.6 Å². The van der Waals surface area contributed by atoms with E-state index in [0.29, 0.717) is 12.2 Å². The molecule has 0 radical (unpaired) electrons. The van der Waals surface area contributed by atoms with Crippen LogP contribution in [0, 0.1) is 5.82 Å². The third-order valence-electron chi connectivity index (χ3n) is 2.00. The Kier molecular flexibility index (Phi) is 4.72. The molecular formula is C11H15FN2O2. The van der Waals surface area contributed by atoms with Gasteiger partial charge in [-0.3, -0.25) is 4.79 Å². The number of rotatable bonds is 5. The minimum atomic E-state index is -0.424. The summed E-state index contributed by atoms with van der Waals surface area (Å²) >= 11 is 0. The second-order valence-electron chi connectivity index (χ2n) is 3.18. The fraction of sp³-hybridized carbons (Fsp3) is 0.364. The molecule has 3 N–H and O–H groups in total. The Balaban J connectivity index is 2.57. The second-order valence-corrected chi connectivity index (χ2v) is 3.18. The van der Waals surface area contributed by atoms with Gasteiger partial charge in [-0.15, -0.1) is 0 Å². The number of nitrogens with two attached hydrogens (primary N) is 1. The van der Waals surface area contributed by atoms with Gasteiger partial charge in [0.25, 0.3) is 0 Å². The van der Waals surface area contributed by atoms with E-state index in [9.17, 15) is 9.18 Å². The summed E-state index contributed by atoms with van der Waals surface area (Å²) in [6.07, 6.45) is 0. The number of hydrogen-bond acceptors (Lipinski definition) is 4. The highest BCUT2D eigenvalue weighted by molar-refractivity contribution is 5.75. The van der Waals surface area contributed by atoms with E-state index < -0.39 is 11.8 Å². The largest absolute Gasteiger partial charge is 0.465 e. The third kappa shape index (κ3) is 3.51. The number of anilines is 1. The van der Waals surface area contributed by atoms with E-state index in [2.05, 4.69) is 5.32 Å². The summed E-state index contributed by atoms with van der Waals surface area (Å²) in [6, 6.07) is 4.60. The van der Waals surface area contributed by atoms with E-state index >= 15 is 0 Å². The van der Waals surface area contributed by atoms with Crippen molar-refractivity contribution >= 4 is 11.7 Å². The van der Waals surface area contributed by atoms with Crippen LogP contribution in [0.15, 0.2) is 18.2 Å². The van der Waals surface area contributed by atoms with Crippen LogP contribution < -0.4 is 11.1 Å². The molecule has 0 saturated carbocycles. The molecule has 0 aliphatic carbocycles. The van der Waals surface area contributed by atoms with Crippen LogP contribution in [0.25, 0.3) is 0 Å². The maximum atomic E-state index is 13.4. The van der Waals surface area contributed by atoms with Crippen molar-refractivity contribution < 1.29 is 13.9 Å². The van der Waals surface area contributed by atoms with Gasteiger partial charge in [0, 0.05) is 6.54 Å². The maximum Gasteiger partial charge on any atom is 0.325 e. The molecule has 88 valence electrons. The standard InChI is InChI=1S/C11H15FN2O2/c1-2-16-11(15)7-14-10-4-3-8(6-13)5-9(10)12/h3-5,14H,2,6-7,13H2,1H3. The zero-order valence-electron chi connectivity index (χ0n) is 9.13. The highest BCUT2D eigenvalue weighted by Gasteiger charge is 2.05. The van der Waals surface area contributed by atoms with Crippen molar-refractivity contribution in [1.29, 1.82) is 0 Å². The van der Waals surface area contributed by atoms with Gasteiger partial charge < -0.3 is 15.8 Å². The number of benzene rings is 1. The molecule has 1 rings (SSSR count). The maximum absolute atomic E-state index is 13.4. The average molecular weight is 226 g/mol. The number of ether oxygens (including phenoxy) is 1. The number of carbonyl (C=O) groups excluding carboxylic acids is 1. The van der Waals surface area contributed by atoms with Gasteiger partial charge >= 0.3 is 5.97 Å². The lowest BCUT2D eigenvalue weighted by Crippen LogP contribution is -2.17. The molecule has 0 spiro atoms. The first kappa shape index (κ1) is 12.4. The number of hydrogen-bond donors (Lipinski definition) is 2. The predicted octanol–water partition coefficient (Wildman–Crippen LogP) is 1.26. The van der Waals surface area contributed by atoms with Crippen molar-refractivity contribution in [1.82, 2.24) is 0 Å². The molecule has 0 amide bonds. The summed E-state index contributed by atoms with van der Waals surface area (Å²) in [5.74, 6) is -0.836. The minimum absolute atomic E-state index is 0.0489. The molecule has 0 heterocycles. The van der Waals surface area contributed by atoms with Crippen LogP contribution >= 0.6 is 0 Å². The van der Waals surface area contributed by atoms with E-state index in [1.807, 2.05) is 0 Å². The Morgan fingerprint density at radius 2 is 2.31 bits per heavy atom. The summed E-state index contributed by atoms with van der Waals surface area (Å²) in [6.45, 7) is 2.27. The van der Waals surface area contributed by atoms with Gasteiger partial charge in [-0.05, 0) is 24.6 Å². The minimum Gasteiger partial charge on any atom is -0.465 e. The lowest BCUT2D eigenvalue weighted by molar-refractivity contribution is -0.140. The Bertz CT molecular complexity index is 369. The third-order valence-corrected chi connectivity index (χ3v) is 2.00. The Labute approximate surface area is 93.6 Å². The molecule has 0 aliphatic heterocycles.